The first-order chi connectivity index (χ1) is 16.1. The average Bonchev–Trinajstić information content (AvgIpc) is 3.22. The Labute approximate surface area is 194 Å². The Morgan fingerprint density at radius 1 is 1.18 bits per heavy atom. The Bertz CT molecular complexity index is 1010. The fourth-order valence-electron chi connectivity index (χ4n) is 3.54. The second kappa shape index (κ2) is 10.6. The van der Waals surface area contributed by atoms with Crippen LogP contribution in [-0.2, 0) is 15.8 Å². The first kappa shape index (κ1) is 25.2. The van der Waals surface area contributed by atoms with Gasteiger partial charge in [0.15, 0.2) is 11.5 Å². The molecule has 2 aromatic rings. The highest BCUT2D eigenvalue weighted by Crippen LogP contribution is 2.37. The molecule has 1 fully saturated rings. The van der Waals surface area contributed by atoms with Crippen LogP contribution in [0.15, 0.2) is 42.5 Å². The van der Waals surface area contributed by atoms with Crippen LogP contribution in [0.3, 0.4) is 0 Å². The molecular weight excluding hydrogens is 457 g/mol. The minimum Gasteiger partial charge on any atom is -0.493 e. The van der Waals surface area contributed by atoms with Crippen molar-refractivity contribution in [1.82, 2.24) is 5.32 Å². The van der Waals surface area contributed by atoms with E-state index in [2.05, 4.69) is 5.32 Å². The standard InChI is InChI=1S/C23H25F3N2O6/c1-32-18-7-4-8-19(33-2)21(18)34-13-17(29)11-27-22(31)14-9-20(30)28(12-14)16-6-3-5-15(10-16)23(24,25)26/h3-8,10,14,17,29H,9,11-13H2,1-2H3,(H,27,31). The van der Waals surface area contributed by atoms with Crippen LogP contribution in [0.1, 0.15) is 12.0 Å². The molecule has 1 heterocycles. The largest absolute Gasteiger partial charge is 0.493 e. The molecule has 0 spiro atoms. The van der Waals surface area contributed by atoms with E-state index in [4.69, 9.17) is 14.2 Å². The number of carbonyl (C=O) groups excluding carboxylic acids is 2. The summed E-state index contributed by atoms with van der Waals surface area (Å²) in [6, 6.07) is 9.45. The second-order valence-corrected chi connectivity index (χ2v) is 7.66. The van der Waals surface area contributed by atoms with Gasteiger partial charge in [-0.15, -0.1) is 0 Å². The number of hydrogen-bond donors (Lipinski definition) is 2. The van der Waals surface area contributed by atoms with Crippen molar-refractivity contribution in [3.8, 4) is 17.2 Å². The van der Waals surface area contributed by atoms with Crippen LogP contribution in [0.4, 0.5) is 18.9 Å². The summed E-state index contributed by atoms with van der Waals surface area (Å²) in [5.74, 6) is -0.576. The molecule has 2 unspecified atom stereocenters. The Kier molecular flexibility index (Phi) is 7.87. The van der Waals surface area contributed by atoms with E-state index in [1.807, 2.05) is 0 Å². The van der Waals surface area contributed by atoms with Gasteiger partial charge in [0.25, 0.3) is 0 Å². The van der Waals surface area contributed by atoms with E-state index in [0.717, 1.165) is 17.0 Å². The summed E-state index contributed by atoms with van der Waals surface area (Å²) in [4.78, 5) is 26.0. The van der Waals surface area contributed by atoms with E-state index in [1.54, 1.807) is 18.2 Å². The molecule has 3 rings (SSSR count). The van der Waals surface area contributed by atoms with E-state index in [1.165, 1.54) is 26.4 Å². The highest BCUT2D eigenvalue weighted by Gasteiger charge is 2.37. The number of anilines is 1. The maximum atomic E-state index is 13.0. The van der Waals surface area contributed by atoms with Gasteiger partial charge in [-0.3, -0.25) is 9.59 Å². The van der Waals surface area contributed by atoms with Crippen LogP contribution >= 0.6 is 0 Å². The molecule has 34 heavy (non-hydrogen) atoms. The number of benzene rings is 2. The van der Waals surface area contributed by atoms with Crippen LogP contribution in [0, 0.1) is 5.92 Å². The van der Waals surface area contributed by atoms with Gasteiger partial charge in [0, 0.05) is 25.2 Å². The van der Waals surface area contributed by atoms with E-state index < -0.39 is 35.6 Å². The molecular formula is C23H25F3N2O6. The van der Waals surface area contributed by atoms with Crippen LogP contribution in [-0.4, -0.2) is 56.9 Å². The number of halogens is 3. The second-order valence-electron chi connectivity index (χ2n) is 7.66. The summed E-state index contributed by atoms with van der Waals surface area (Å²) in [5, 5.41) is 12.8. The van der Waals surface area contributed by atoms with Crippen molar-refractivity contribution in [1.29, 1.82) is 0 Å². The molecule has 2 aromatic carbocycles. The van der Waals surface area contributed by atoms with Gasteiger partial charge in [-0.25, -0.2) is 0 Å². The monoisotopic (exact) mass is 482 g/mol. The molecule has 2 atom stereocenters. The van der Waals surface area contributed by atoms with Crippen molar-refractivity contribution in [2.45, 2.75) is 18.7 Å². The maximum Gasteiger partial charge on any atom is 0.416 e. The third-order valence-electron chi connectivity index (χ3n) is 5.30. The van der Waals surface area contributed by atoms with Gasteiger partial charge < -0.3 is 29.5 Å². The lowest BCUT2D eigenvalue weighted by Crippen LogP contribution is -2.39. The summed E-state index contributed by atoms with van der Waals surface area (Å²) in [7, 11) is 2.92. The van der Waals surface area contributed by atoms with Crippen molar-refractivity contribution < 1.29 is 42.1 Å². The smallest absolute Gasteiger partial charge is 0.416 e. The number of amides is 2. The van der Waals surface area contributed by atoms with Gasteiger partial charge in [-0.05, 0) is 30.3 Å². The van der Waals surface area contributed by atoms with Crippen LogP contribution in [0.25, 0.3) is 0 Å². The molecule has 0 aromatic heterocycles. The number of alkyl halides is 3. The normalized spacial score (nSPS) is 16.8. The molecule has 0 aliphatic carbocycles. The van der Waals surface area contributed by atoms with Gasteiger partial charge in [0.05, 0.1) is 25.7 Å². The Hall–Kier alpha value is -3.47. The molecule has 184 valence electrons. The number of rotatable bonds is 9. The number of nitrogens with zero attached hydrogens (tertiary/aromatic N) is 1. The first-order valence-electron chi connectivity index (χ1n) is 10.4. The average molecular weight is 482 g/mol. The highest BCUT2D eigenvalue weighted by molar-refractivity contribution is 6.00. The molecule has 1 aliphatic heterocycles. The lowest BCUT2D eigenvalue weighted by molar-refractivity contribution is -0.137. The van der Waals surface area contributed by atoms with Crippen molar-refractivity contribution in [3.05, 3.63) is 48.0 Å². The number of methoxy groups -OCH3 is 2. The van der Waals surface area contributed by atoms with Gasteiger partial charge in [0.1, 0.15) is 12.7 Å². The third kappa shape index (κ3) is 5.90. The SMILES string of the molecule is COc1cccc(OC)c1OCC(O)CNC(=O)C1CC(=O)N(c2cccc(C(F)(F)F)c2)C1. The fraction of sp³-hybridized carbons (Fsp3) is 0.391. The summed E-state index contributed by atoms with van der Waals surface area (Å²) < 4.78 is 54.9. The van der Waals surface area contributed by atoms with E-state index >= 15 is 0 Å². The van der Waals surface area contributed by atoms with E-state index in [9.17, 15) is 27.9 Å². The minimum absolute atomic E-state index is 0.0585. The number of aliphatic hydroxyl groups excluding tert-OH is 1. The topological polar surface area (TPSA) is 97.3 Å². The lowest BCUT2D eigenvalue weighted by atomic mass is 10.1. The predicted octanol–water partition coefficient (Wildman–Crippen LogP) is 2.63. The Morgan fingerprint density at radius 3 is 2.44 bits per heavy atom. The Morgan fingerprint density at radius 2 is 1.82 bits per heavy atom. The third-order valence-corrected chi connectivity index (χ3v) is 5.30. The van der Waals surface area contributed by atoms with Crippen molar-refractivity contribution in [2.75, 3.05) is 38.8 Å². The summed E-state index contributed by atoms with van der Waals surface area (Å²) in [6.45, 7) is -0.376. The van der Waals surface area contributed by atoms with E-state index in [0.29, 0.717) is 17.2 Å². The number of ether oxygens (including phenoxy) is 3. The maximum absolute atomic E-state index is 13.0. The highest BCUT2D eigenvalue weighted by atomic mass is 19.4. The molecule has 2 N–H and O–H groups in total. The molecule has 0 radical (unpaired) electrons. The zero-order valence-corrected chi connectivity index (χ0v) is 18.6. The van der Waals surface area contributed by atoms with Crippen molar-refractivity contribution in [2.24, 2.45) is 5.92 Å². The van der Waals surface area contributed by atoms with Gasteiger partial charge >= 0.3 is 6.18 Å². The van der Waals surface area contributed by atoms with Gasteiger partial charge in [-0.2, -0.15) is 13.2 Å². The van der Waals surface area contributed by atoms with E-state index in [-0.39, 0.29) is 31.8 Å². The lowest BCUT2D eigenvalue weighted by Gasteiger charge is -2.19. The fourth-order valence-corrected chi connectivity index (χ4v) is 3.54. The molecule has 11 heteroatoms. The summed E-state index contributed by atoms with van der Waals surface area (Å²) >= 11 is 0. The van der Waals surface area contributed by atoms with Crippen molar-refractivity contribution >= 4 is 17.5 Å². The van der Waals surface area contributed by atoms with Gasteiger partial charge in [0.2, 0.25) is 17.6 Å². The molecule has 1 saturated heterocycles. The minimum atomic E-state index is -4.54. The Balaban J connectivity index is 1.54. The van der Waals surface area contributed by atoms with Crippen LogP contribution in [0.2, 0.25) is 0 Å². The van der Waals surface area contributed by atoms with Crippen LogP contribution < -0.4 is 24.4 Å². The quantitative estimate of drug-likeness (QED) is 0.571. The first-order valence-corrected chi connectivity index (χ1v) is 10.4. The van der Waals surface area contributed by atoms with Crippen LogP contribution in [0.5, 0.6) is 17.2 Å². The zero-order chi connectivity index (χ0) is 24.9. The number of aliphatic hydroxyl groups is 1. The molecule has 2 amide bonds. The van der Waals surface area contributed by atoms with Crippen molar-refractivity contribution in [3.63, 3.8) is 0 Å². The number of para-hydroxylation sites is 1. The number of nitrogens with one attached hydrogen (secondary N) is 1. The molecule has 0 saturated carbocycles. The summed E-state index contributed by atoms with van der Waals surface area (Å²) in [5.41, 5.74) is -0.796. The summed E-state index contributed by atoms with van der Waals surface area (Å²) in [6.07, 6.45) is -5.76. The predicted molar refractivity (Wildman–Crippen MR) is 116 cm³/mol. The molecule has 0 bridgehead atoms. The number of hydrogen-bond acceptors (Lipinski definition) is 6. The molecule has 8 nitrogen and oxygen atoms in total. The number of carbonyl (C=O) groups is 2. The molecule has 1 aliphatic rings. The zero-order valence-electron chi connectivity index (χ0n) is 18.6. The van der Waals surface area contributed by atoms with Gasteiger partial charge in [-0.1, -0.05) is 12.1 Å².